The van der Waals surface area contributed by atoms with Crippen molar-refractivity contribution in [3.8, 4) is 0 Å². The van der Waals surface area contributed by atoms with Crippen LogP contribution in [0.2, 0.25) is 0 Å². The monoisotopic (exact) mass is 392 g/mol. The summed E-state index contributed by atoms with van der Waals surface area (Å²) in [5, 5.41) is 8.98. The molecule has 4 rings (SSSR count). The van der Waals surface area contributed by atoms with Gasteiger partial charge in [-0.2, -0.15) is 0 Å². The minimum absolute atomic E-state index is 0. The van der Waals surface area contributed by atoms with E-state index in [1.807, 2.05) is 42.6 Å². The van der Waals surface area contributed by atoms with E-state index in [1.54, 1.807) is 6.20 Å². The van der Waals surface area contributed by atoms with Gasteiger partial charge in [-0.25, -0.2) is 0 Å². The van der Waals surface area contributed by atoms with Crippen molar-refractivity contribution < 1.29 is 4.84 Å². The zero-order chi connectivity index (χ0) is 16.2. The van der Waals surface area contributed by atoms with Gasteiger partial charge in [-0.1, -0.05) is 35.5 Å². The summed E-state index contributed by atoms with van der Waals surface area (Å²) in [6.07, 6.45) is 5.78. The van der Waals surface area contributed by atoms with Gasteiger partial charge in [0.2, 0.25) is 0 Å². The van der Waals surface area contributed by atoms with E-state index >= 15 is 0 Å². The Bertz CT molecular complexity index is 812. The predicted octanol–water partition coefficient (Wildman–Crippen LogP) is 3.93. The number of hydrogen-bond acceptors (Lipinski definition) is 4. The molecule has 0 amide bonds. The molecular formula is C19H22Cl2N4O. The Kier molecular flexibility index (Phi) is 7.45. The van der Waals surface area contributed by atoms with Crippen LogP contribution in [0.25, 0.3) is 10.9 Å². The van der Waals surface area contributed by atoms with Crippen LogP contribution in [-0.2, 0) is 4.84 Å². The Hall–Kier alpha value is -2.08. The predicted molar refractivity (Wildman–Crippen MR) is 110 cm³/mol. The normalized spacial score (nSPS) is 15.2. The zero-order valence-corrected chi connectivity index (χ0v) is 15.9. The molecule has 1 aliphatic rings. The highest BCUT2D eigenvalue weighted by atomic mass is 35.5. The van der Waals surface area contributed by atoms with E-state index in [1.165, 1.54) is 0 Å². The first-order valence-electron chi connectivity index (χ1n) is 8.33. The number of pyridine rings is 1. The lowest BCUT2D eigenvalue weighted by Crippen LogP contribution is -2.31. The highest BCUT2D eigenvalue weighted by Gasteiger charge is 2.16. The number of oxime groups is 1. The van der Waals surface area contributed by atoms with Crippen molar-refractivity contribution in [3.05, 3.63) is 66.1 Å². The number of hydrogen-bond donors (Lipinski definition) is 2. The average molecular weight is 393 g/mol. The fourth-order valence-electron chi connectivity index (χ4n) is 2.98. The topological polar surface area (TPSA) is 62.3 Å². The van der Waals surface area contributed by atoms with Crippen LogP contribution in [0.4, 0.5) is 0 Å². The van der Waals surface area contributed by atoms with Gasteiger partial charge in [-0.05, 0) is 38.1 Å². The molecule has 0 unspecified atom stereocenters. The molecule has 26 heavy (non-hydrogen) atoms. The number of piperidine rings is 1. The standard InChI is InChI=1S/C19H20N4O.2ClH/c1-2-4-14(5-3-1)19(23-24-16-7-10-20-11-8-16)17-12-15-6-9-21-13-18(15)22-17;;/h1-6,9,12-13,16,20,22H,7-8,10-11H2;2*1H/b23-19+;;. The molecule has 3 heterocycles. The summed E-state index contributed by atoms with van der Waals surface area (Å²) < 4.78 is 0. The number of nitrogens with zero attached hydrogens (tertiary/aromatic N) is 2. The Balaban J connectivity index is 0.00000121. The lowest BCUT2D eigenvalue weighted by Gasteiger charge is -2.21. The van der Waals surface area contributed by atoms with Crippen LogP contribution in [0, 0.1) is 0 Å². The van der Waals surface area contributed by atoms with Crippen molar-refractivity contribution in [2.45, 2.75) is 18.9 Å². The van der Waals surface area contributed by atoms with Gasteiger partial charge in [-0.3, -0.25) is 4.98 Å². The quantitative estimate of drug-likeness (QED) is 0.522. The van der Waals surface area contributed by atoms with Gasteiger partial charge in [0.05, 0.1) is 17.4 Å². The van der Waals surface area contributed by atoms with E-state index in [0.717, 1.165) is 53.8 Å². The molecule has 0 aliphatic carbocycles. The van der Waals surface area contributed by atoms with E-state index < -0.39 is 0 Å². The van der Waals surface area contributed by atoms with E-state index in [2.05, 4.69) is 26.5 Å². The lowest BCUT2D eigenvalue weighted by atomic mass is 10.1. The molecule has 0 spiro atoms. The van der Waals surface area contributed by atoms with Gasteiger partial charge in [0.15, 0.2) is 0 Å². The van der Waals surface area contributed by atoms with Crippen LogP contribution in [0.15, 0.2) is 60.0 Å². The second-order valence-corrected chi connectivity index (χ2v) is 6.01. The second kappa shape index (κ2) is 9.57. The van der Waals surface area contributed by atoms with Gasteiger partial charge in [0.1, 0.15) is 11.8 Å². The van der Waals surface area contributed by atoms with Gasteiger partial charge < -0.3 is 15.1 Å². The molecule has 0 saturated carbocycles. The summed E-state index contributed by atoms with van der Waals surface area (Å²) in [4.78, 5) is 13.4. The third kappa shape index (κ3) is 4.55. The van der Waals surface area contributed by atoms with Crippen LogP contribution in [-0.4, -0.2) is 34.9 Å². The van der Waals surface area contributed by atoms with Crippen molar-refractivity contribution >= 4 is 41.4 Å². The van der Waals surface area contributed by atoms with Crippen molar-refractivity contribution in [1.29, 1.82) is 0 Å². The first-order valence-corrected chi connectivity index (χ1v) is 8.33. The van der Waals surface area contributed by atoms with Crippen LogP contribution in [0.1, 0.15) is 24.1 Å². The van der Waals surface area contributed by atoms with Crippen molar-refractivity contribution in [2.24, 2.45) is 5.16 Å². The summed E-state index contributed by atoms with van der Waals surface area (Å²) in [6, 6.07) is 14.2. The maximum absolute atomic E-state index is 5.86. The number of aromatic amines is 1. The number of aromatic nitrogens is 2. The molecule has 3 aromatic rings. The number of H-pyrrole nitrogens is 1. The molecule has 2 N–H and O–H groups in total. The van der Waals surface area contributed by atoms with Crippen LogP contribution in [0.5, 0.6) is 0 Å². The van der Waals surface area contributed by atoms with E-state index in [9.17, 15) is 0 Å². The summed E-state index contributed by atoms with van der Waals surface area (Å²) in [6.45, 7) is 1.97. The first kappa shape index (κ1) is 20.2. The maximum atomic E-state index is 5.86. The molecule has 138 valence electrons. The Morgan fingerprint density at radius 2 is 1.85 bits per heavy atom. The molecule has 1 aromatic carbocycles. The Morgan fingerprint density at radius 1 is 1.08 bits per heavy atom. The molecule has 0 atom stereocenters. The first-order chi connectivity index (χ1) is 11.9. The Labute approximate surface area is 165 Å². The lowest BCUT2D eigenvalue weighted by molar-refractivity contribution is 0.0379. The zero-order valence-electron chi connectivity index (χ0n) is 14.2. The van der Waals surface area contributed by atoms with Crippen LogP contribution in [0.3, 0.4) is 0 Å². The number of rotatable bonds is 4. The summed E-state index contributed by atoms with van der Waals surface area (Å²) in [5.74, 6) is 0. The van der Waals surface area contributed by atoms with E-state index in [-0.39, 0.29) is 30.9 Å². The molecule has 1 aliphatic heterocycles. The largest absolute Gasteiger partial charge is 0.392 e. The molecule has 5 nitrogen and oxygen atoms in total. The highest BCUT2D eigenvalue weighted by Crippen LogP contribution is 2.18. The van der Waals surface area contributed by atoms with Gasteiger partial charge in [-0.15, -0.1) is 24.8 Å². The molecule has 1 fully saturated rings. The molecule has 0 radical (unpaired) electrons. The van der Waals surface area contributed by atoms with Gasteiger partial charge in [0, 0.05) is 17.1 Å². The smallest absolute Gasteiger partial charge is 0.133 e. The number of halogens is 2. The average Bonchev–Trinajstić information content (AvgIpc) is 3.07. The molecular weight excluding hydrogens is 371 g/mol. The third-order valence-corrected chi connectivity index (χ3v) is 4.31. The van der Waals surface area contributed by atoms with Gasteiger partial charge >= 0.3 is 0 Å². The third-order valence-electron chi connectivity index (χ3n) is 4.31. The number of nitrogens with one attached hydrogen (secondary N) is 2. The molecule has 7 heteroatoms. The van der Waals surface area contributed by atoms with Crippen LogP contribution >= 0.6 is 24.8 Å². The van der Waals surface area contributed by atoms with Crippen molar-refractivity contribution in [2.75, 3.05) is 13.1 Å². The molecule has 1 saturated heterocycles. The number of benzene rings is 1. The van der Waals surface area contributed by atoms with Gasteiger partial charge in [0.25, 0.3) is 0 Å². The minimum atomic E-state index is 0. The fourth-order valence-corrected chi connectivity index (χ4v) is 2.98. The molecule has 2 aromatic heterocycles. The van der Waals surface area contributed by atoms with Crippen LogP contribution < -0.4 is 5.32 Å². The second-order valence-electron chi connectivity index (χ2n) is 6.01. The summed E-state index contributed by atoms with van der Waals surface area (Å²) in [5.41, 5.74) is 3.80. The maximum Gasteiger partial charge on any atom is 0.133 e. The fraction of sp³-hybridized carbons (Fsp3) is 0.263. The highest BCUT2D eigenvalue weighted by molar-refractivity contribution is 6.13. The Morgan fingerprint density at radius 3 is 2.58 bits per heavy atom. The van der Waals surface area contributed by atoms with E-state index in [0.29, 0.717) is 0 Å². The number of fused-ring (bicyclic) bond motifs is 1. The van der Waals surface area contributed by atoms with Crippen molar-refractivity contribution in [3.63, 3.8) is 0 Å². The summed E-state index contributed by atoms with van der Waals surface area (Å²) in [7, 11) is 0. The van der Waals surface area contributed by atoms with E-state index in [4.69, 9.17) is 4.84 Å². The van der Waals surface area contributed by atoms with Crippen molar-refractivity contribution in [1.82, 2.24) is 15.3 Å². The molecule has 0 bridgehead atoms. The SMILES string of the molecule is Cl.Cl.c1ccc(/C(=N\OC2CCNCC2)c2cc3ccncc3[nH]2)cc1. The minimum Gasteiger partial charge on any atom is -0.392 e. The summed E-state index contributed by atoms with van der Waals surface area (Å²) >= 11 is 0.